The fourth-order valence-electron chi connectivity index (χ4n) is 6.64. The first kappa shape index (κ1) is 25.1. The van der Waals surface area contributed by atoms with Crippen LogP contribution in [0.3, 0.4) is 0 Å². The molecule has 0 aliphatic carbocycles. The van der Waals surface area contributed by atoms with Crippen molar-refractivity contribution in [1.82, 2.24) is 20.2 Å². The van der Waals surface area contributed by atoms with Crippen LogP contribution in [0.15, 0.2) is 42.7 Å². The Balaban J connectivity index is 1.06. The van der Waals surface area contributed by atoms with Crippen LogP contribution in [0.2, 0.25) is 0 Å². The van der Waals surface area contributed by atoms with Crippen LogP contribution in [0.1, 0.15) is 53.1 Å². The lowest BCUT2D eigenvalue weighted by Crippen LogP contribution is -2.53. The van der Waals surface area contributed by atoms with E-state index in [0.29, 0.717) is 31.1 Å². The molecule has 40 heavy (non-hydrogen) atoms. The number of amides is 3. The number of anilines is 2. The molecule has 1 unspecified atom stereocenters. The molecule has 3 fully saturated rings. The summed E-state index contributed by atoms with van der Waals surface area (Å²) in [7, 11) is 0. The highest BCUT2D eigenvalue weighted by Gasteiger charge is 2.41. The molecule has 10 heteroatoms. The standard InChI is InChI=1S/C30H32N6O4/c37-26-7-6-25(28(38)33-26)36-24-3-1-2-22-21(4-5-23(27(22)24)29(36)39)20-8-10-34(11-9-20)18-19-16-31-30(32-17-19)35-12-14-40-15-13-35/h1-5,16-17,20,25H,6-15,18H2,(H,33,37,38). The molecule has 0 spiro atoms. The maximum absolute atomic E-state index is 13.5. The largest absolute Gasteiger partial charge is 0.378 e. The van der Waals surface area contributed by atoms with Gasteiger partial charge in [0.15, 0.2) is 0 Å². The SMILES string of the molecule is O=C1CCC(N2C(=O)c3ccc(C4CCN(Cc5cnc(N6CCOCC6)nc5)CC4)c4cccc2c34)C(=O)N1. The lowest BCUT2D eigenvalue weighted by molar-refractivity contribution is -0.134. The summed E-state index contributed by atoms with van der Waals surface area (Å²) in [5.41, 5.74) is 3.79. The van der Waals surface area contributed by atoms with Crippen LogP contribution in [0.4, 0.5) is 11.6 Å². The minimum Gasteiger partial charge on any atom is -0.378 e. The topological polar surface area (TPSA) is 108 Å². The van der Waals surface area contributed by atoms with Crippen molar-refractivity contribution >= 4 is 40.1 Å². The van der Waals surface area contributed by atoms with Gasteiger partial charge < -0.3 is 9.64 Å². The molecule has 5 heterocycles. The lowest BCUT2D eigenvalue weighted by Gasteiger charge is -2.33. The van der Waals surface area contributed by atoms with Crippen LogP contribution < -0.4 is 15.1 Å². The van der Waals surface area contributed by atoms with Crippen LogP contribution in [0, 0.1) is 0 Å². The smallest absolute Gasteiger partial charge is 0.259 e. The van der Waals surface area contributed by atoms with Gasteiger partial charge in [-0.05, 0) is 61.4 Å². The van der Waals surface area contributed by atoms with Crippen LogP contribution in [0.25, 0.3) is 10.8 Å². The molecule has 10 nitrogen and oxygen atoms in total. The van der Waals surface area contributed by atoms with Crippen molar-refractivity contribution in [2.75, 3.05) is 49.2 Å². The van der Waals surface area contributed by atoms with Gasteiger partial charge in [0.25, 0.3) is 5.91 Å². The molecule has 4 aliphatic rings. The van der Waals surface area contributed by atoms with Crippen LogP contribution >= 0.6 is 0 Å². The van der Waals surface area contributed by atoms with Gasteiger partial charge in [-0.25, -0.2) is 9.97 Å². The predicted molar refractivity (Wildman–Crippen MR) is 149 cm³/mol. The highest BCUT2D eigenvalue weighted by atomic mass is 16.5. The number of hydrogen-bond donors (Lipinski definition) is 1. The van der Waals surface area contributed by atoms with E-state index in [-0.39, 0.29) is 18.2 Å². The predicted octanol–water partition coefficient (Wildman–Crippen LogP) is 2.61. The maximum atomic E-state index is 13.5. The second-order valence-corrected chi connectivity index (χ2v) is 11.1. The zero-order valence-corrected chi connectivity index (χ0v) is 22.3. The highest BCUT2D eigenvalue weighted by Crippen LogP contribution is 2.43. The number of nitrogens with one attached hydrogen (secondary N) is 1. The van der Waals surface area contributed by atoms with E-state index in [1.165, 1.54) is 5.56 Å². The first-order chi connectivity index (χ1) is 19.6. The van der Waals surface area contributed by atoms with Crippen molar-refractivity contribution in [1.29, 1.82) is 0 Å². The van der Waals surface area contributed by atoms with E-state index in [9.17, 15) is 14.4 Å². The van der Waals surface area contributed by atoms with Crippen LogP contribution in [-0.4, -0.2) is 78.0 Å². The van der Waals surface area contributed by atoms with Gasteiger partial charge in [0, 0.05) is 55.0 Å². The number of carbonyl (C=O) groups excluding carboxylic acids is 3. The third kappa shape index (κ3) is 4.41. The van der Waals surface area contributed by atoms with Gasteiger partial charge in [-0.2, -0.15) is 0 Å². The highest BCUT2D eigenvalue weighted by molar-refractivity contribution is 6.27. The molecule has 3 aromatic rings. The fourth-order valence-corrected chi connectivity index (χ4v) is 6.64. The molecule has 0 radical (unpaired) electrons. The van der Waals surface area contributed by atoms with Crippen molar-refractivity contribution in [3.8, 4) is 0 Å². The average molecular weight is 541 g/mol. The maximum Gasteiger partial charge on any atom is 0.259 e. The van der Waals surface area contributed by atoms with E-state index >= 15 is 0 Å². The molecule has 1 atom stereocenters. The van der Waals surface area contributed by atoms with E-state index in [1.807, 2.05) is 30.6 Å². The Bertz CT molecular complexity index is 1480. The summed E-state index contributed by atoms with van der Waals surface area (Å²) in [5.74, 6) is 0.314. The minimum atomic E-state index is -0.665. The van der Waals surface area contributed by atoms with Crippen molar-refractivity contribution in [3.05, 3.63) is 59.4 Å². The third-order valence-electron chi connectivity index (χ3n) is 8.70. The lowest BCUT2D eigenvalue weighted by atomic mass is 9.85. The Morgan fingerprint density at radius 3 is 2.45 bits per heavy atom. The monoisotopic (exact) mass is 540 g/mol. The number of rotatable bonds is 5. The number of nitrogens with zero attached hydrogens (tertiary/aromatic N) is 5. The molecule has 1 aromatic heterocycles. The average Bonchev–Trinajstić information content (AvgIpc) is 3.27. The summed E-state index contributed by atoms with van der Waals surface area (Å²) in [6.07, 6.45) is 6.51. The molecule has 0 bridgehead atoms. The van der Waals surface area contributed by atoms with Gasteiger partial charge in [0.05, 0.1) is 18.9 Å². The molecule has 2 aromatic carbocycles. The summed E-state index contributed by atoms with van der Waals surface area (Å²) in [5, 5.41) is 4.41. The quantitative estimate of drug-likeness (QED) is 0.492. The first-order valence-electron chi connectivity index (χ1n) is 14.2. The third-order valence-corrected chi connectivity index (χ3v) is 8.70. The second-order valence-electron chi connectivity index (χ2n) is 11.1. The zero-order valence-electron chi connectivity index (χ0n) is 22.3. The number of piperidine rings is 2. The van der Waals surface area contributed by atoms with Crippen molar-refractivity contribution < 1.29 is 19.1 Å². The Kier molecular flexibility index (Phi) is 6.44. The van der Waals surface area contributed by atoms with Gasteiger partial charge in [0.2, 0.25) is 17.8 Å². The number of benzene rings is 2. The summed E-state index contributed by atoms with van der Waals surface area (Å²) >= 11 is 0. The van der Waals surface area contributed by atoms with E-state index in [0.717, 1.165) is 73.5 Å². The molecule has 7 rings (SSSR count). The fraction of sp³-hybridized carbons (Fsp3) is 0.433. The molecular formula is C30H32N6O4. The van der Waals surface area contributed by atoms with Gasteiger partial charge in [-0.3, -0.25) is 29.5 Å². The minimum absolute atomic E-state index is 0.163. The number of carbonyl (C=O) groups is 3. The zero-order chi connectivity index (χ0) is 27.2. The number of likely N-dealkylation sites (tertiary alicyclic amines) is 1. The molecular weight excluding hydrogens is 508 g/mol. The first-order valence-corrected chi connectivity index (χ1v) is 14.2. The number of imide groups is 1. The Hall–Kier alpha value is -3.89. The summed E-state index contributed by atoms with van der Waals surface area (Å²) < 4.78 is 5.42. The molecule has 0 saturated carbocycles. The Morgan fingerprint density at radius 1 is 0.925 bits per heavy atom. The van der Waals surface area contributed by atoms with Gasteiger partial charge in [0.1, 0.15) is 6.04 Å². The van der Waals surface area contributed by atoms with Gasteiger partial charge >= 0.3 is 0 Å². The van der Waals surface area contributed by atoms with E-state index in [4.69, 9.17) is 4.74 Å². The van der Waals surface area contributed by atoms with Gasteiger partial charge in [-0.1, -0.05) is 18.2 Å². The molecule has 3 saturated heterocycles. The van der Waals surface area contributed by atoms with Crippen molar-refractivity contribution in [2.45, 2.75) is 44.2 Å². The number of aromatic nitrogens is 2. The summed E-state index contributed by atoms with van der Waals surface area (Å²) in [6.45, 7) is 5.86. The molecule has 3 amide bonds. The summed E-state index contributed by atoms with van der Waals surface area (Å²) in [4.78, 5) is 53.2. The number of ether oxygens (including phenoxy) is 1. The number of morpholine rings is 1. The summed E-state index contributed by atoms with van der Waals surface area (Å²) in [6, 6.07) is 9.35. The number of hydrogen-bond acceptors (Lipinski definition) is 8. The van der Waals surface area contributed by atoms with Crippen LogP contribution in [-0.2, 0) is 20.9 Å². The van der Waals surface area contributed by atoms with E-state index in [1.54, 1.807) is 4.90 Å². The molecule has 206 valence electrons. The molecule has 1 N–H and O–H groups in total. The second kappa shape index (κ2) is 10.3. The van der Waals surface area contributed by atoms with E-state index < -0.39 is 11.9 Å². The van der Waals surface area contributed by atoms with Gasteiger partial charge in [-0.15, -0.1) is 0 Å². The van der Waals surface area contributed by atoms with Crippen LogP contribution in [0.5, 0.6) is 0 Å². The Labute approximate surface area is 232 Å². The normalized spacial score (nSPS) is 22.3. The van der Waals surface area contributed by atoms with E-state index in [2.05, 4.69) is 37.2 Å². The van der Waals surface area contributed by atoms with Crippen molar-refractivity contribution in [2.24, 2.45) is 0 Å². The van der Waals surface area contributed by atoms with Crippen molar-refractivity contribution in [3.63, 3.8) is 0 Å². The Morgan fingerprint density at radius 2 is 1.70 bits per heavy atom. The molecule has 4 aliphatic heterocycles.